The van der Waals surface area contributed by atoms with Crippen molar-refractivity contribution in [3.63, 3.8) is 0 Å². The Hall–Kier alpha value is -0.890. The molecule has 0 saturated carbocycles. The van der Waals surface area contributed by atoms with E-state index in [1.165, 1.54) is 10.6 Å². The summed E-state index contributed by atoms with van der Waals surface area (Å²) in [7, 11) is -3.11. The van der Waals surface area contributed by atoms with Crippen LogP contribution in [0.25, 0.3) is 0 Å². The number of nitrogens with zero attached hydrogens (tertiary/aromatic N) is 3. The summed E-state index contributed by atoms with van der Waals surface area (Å²) in [6, 6.07) is 3.60. The molecule has 6 nitrogen and oxygen atoms in total. The summed E-state index contributed by atoms with van der Waals surface area (Å²) in [6.07, 6.45) is 1.23. The molecule has 0 unspecified atom stereocenters. The normalized spacial score (nSPS) is 17.7. The number of pyridine rings is 1. The molecule has 0 atom stereocenters. The summed E-state index contributed by atoms with van der Waals surface area (Å²) in [5.74, 6) is 0.790. The molecule has 1 fully saturated rings. The Bertz CT molecular complexity index is 556. The second kappa shape index (κ2) is 5.62. The number of halogens is 1. The smallest absolute Gasteiger partial charge is 0.211 e. The first-order valence-corrected chi connectivity index (χ1v) is 8.20. The maximum absolute atomic E-state index is 11.4. The lowest BCUT2D eigenvalue weighted by atomic mass is 10.3. The zero-order valence-electron chi connectivity index (χ0n) is 10.7. The first-order valence-electron chi connectivity index (χ1n) is 5.97. The number of anilines is 1. The highest BCUT2D eigenvalue weighted by molar-refractivity contribution is 7.88. The molecule has 8 heteroatoms. The monoisotopic (exact) mass is 304 g/mol. The predicted octanol–water partition coefficient (Wildman–Crippen LogP) is 0.275. The molecule has 0 aliphatic carbocycles. The molecule has 1 saturated heterocycles. The van der Waals surface area contributed by atoms with Gasteiger partial charge in [0.05, 0.1) is 17.0 Å². The van der Waals surface area contributed by atoms with Gasteiger partial charge in [0, 0.05) is 32.7 Å². The van der Waals surface area contributed by atoms with Crippen LogP contribution < -0.4 is 10.6 Å². The molecule has 1 aromatic heterocycles. The molecule has 106 valence electrons. The summed E-state index contributed by atoms with van der Waals surface area (Å²) in [4.78, 5) is 6.44. The largest absolute Gasteiger partial charge is 0.354 e. The van der Waals surface area contributed by atoms with Crippen molar-refractivity contribution >= 4 is 27.4 Å². The molecule has 0 radical (unpaired) electrons. The second-order valence-electron chi connectivity index (χ2n) is 4.45. The SMILES string of the molecule is CS(=O)(=O)N1CCN(c2ccc(Cl)c(CN)n2)CC1. The Balaban J connectivity index is 2.10. The first kappa shape index (κ1) is 14.5. The third-order valence-corrected chi connectivity index (χ3v) is 4.78. The Labute approximate surface area is 118 Å². The Kier molecular flexibility index (Phi) is 4.29. The van der Waals surface area contributed by atoms with E-state index in [1.807, 2.05) is 11.0 Å². The molecule has 0 spiro atoms. The van der Waals surface area contributed by atoms with Gasteiger partial charge in [-0.15, -0.1) is 0 Å². The maximum atomic E-state index is 11.4. The summed E-state index contributed by atoms with van der Waals surface area (Å²) < 4.78 is 24.3. The van der Waals surface area contributed by atoms with Crippen LogP contribution in [0.3, 0.4) is 0 Å². The number of rotatable bonds is 3. The number of nitrogens with two attached hydrogens (primary N) is 1. The molecule has 2 N–H and O–H groups in total. The fraction of sp³-hybridized carbons (Fsp3) is 0.545. The number of sulfonamides is 1. The highest BCUT2D eigenvalue weighted by Crippen LogP contribution is 2.20. The van der Waals surface area contributed by atoms with E-state index in [2.05, 4.69) is 4.98 Å². The van der Waals surface area contributed by atoms with Crippen molar-refractivity contribution in [1.82, 2.24) is 9.29 Å². The van der Waals surface area contributed by atoms with Crippen molar-refractivity contribution in [2.45, 2.75) is 6.54 Å². The molecule has 19 heavy (non-hydrogen) atoms. The van der Waals surface area contributed by atoms with Crippen molar-refractivity contribution in [1.29, 1.82) is 0 Å². The fourth-order valence-electron chi connectivity index (χ4n) is 2.04. The van der Waals surface area contributed by atoms with Crippen molar-refractivity contribution < 1.29 is 8.42 Å². The standard InChI is InChI=1S/C11H17ClN4O2S/c1-19(17,18)16-6-4-15(5-7-16)11-3-2-9(12)10(8-13)14-11/h2-3H,4-8,13H2,1H3. The van der Waals surface area contributed by atoms with E-state index in [-0.39, 0.29) is 6.54 Å². The summed E-state index contributed by atoms with van der Waals surface area (Å²) in [5, 5.41) is 0.557. The zero-order chi connectivity index (χ0) is 14.0. The fourth-order valence-corrected chi connectivity index (χ4v) is 3.05. The van der Waals surface area contributed by atoms with Gasteiger partial charge in [0.1, 0.15) is 5.82 Å². The molecule has 1 aliphatic heterocycles. The van der Waals surface area contributed by atoms with Gasteiger partial charge < -0.3 is 10.6 Å². The van der Waals surface area contributed by atoms with E-state index < -0.39 is 10.0 Å². The predicted molar refractivity (Wildman–Crippen MR) is 75.8 cm³/mol. The van der Waals surface area contributed by atoms with Crippen molar-refractivity contribution in [2.24, 2.45) is 5.73 Å². The van der Waals surface area contributed by atoms with Gasteiger partial charge in [0.15, 0.2) is 0 Å². The average Bonchev–Trinajstić information content (AvgIpc) is 2.38. The minimum Gasteiger partial charge on any atom is -0.354 e. The van der Waals surface area contributed by atoms with Gasteiger partial charge in [-0.3, -0.25) is 0 Å². The number of hydrogen-bond donors (Lipinski definition) is 1. The quantitative estimate of drug-likeness (QED) is 0.867. The minimum absolute atomic E-state index is 0.288. The van der Waals surface area contributed by atoms with Gasteiger partial charge in [-0.25, -0.2) is 13.4 Å². The van der Waals surface area contributed by atoms with Crippen molar-refractivity contribution in [3.05, 3.63) is 22.8 Å². The number of hydrogen-bond acceptors (Lipinski definition) is 5. The van der Waals surface area contributed by atoms with E-state index in [9.17, 15) is 8.42 Å². The van der Waals surface area contributed by atoms with E-state index in [1.54, 1.807) is 6.07 Å². The Morgan fingerprint density at radius 1 is 1.32 bits per heavy atom. The summed E-state index contributed by atoms with van der Waals surface area (Å²) >= 11 is 5.97. The molecule has 0 bridgehead atoms. The van der Waals surface area contributed by atoms with Crippen molar-refractivity contribution in [3.8, 4) is 0 Å². The lowest BCUT2D eigenvalue weighted by Gasteiger charge is -2.34. The van der Waals surface area contributed by atoms with Gasteiger partial charge in [0.2, 0.25) is 10.0 Å². The molecule has 2 rings (SSSR count). The topological polar surface area (TPSA) is 79.5 Å². The van der Waals surface area contributed by atoms with Gasteiger partial charge in [-0.2, -0.15) is 4.31 Å². The van der Waals surface area contributed by atoms with Crippen LogP contribution in [0, 0.1) is 0 Å². The lowest BCUT2D eigenvalue weighted by molar-refractivity contribution is 0.387. The van der Waals surface area contributed by atoms with Crippen molar-refractivity contribution in [2.75, 3.05) is 37.3 Å². The third-order valence-electron chi connectivity index (χ3n) is 3.13. The van der Waals surface area contributed by atoms with Gasteiger partial charge in [-0.05, 0) is 12.1 Å². The zero-order valence-corrected chi connectivity index (χ0v) is 12.3. The number of aromatic nitrogens is 1. The van der Waals surface area contributed by atoms with E-state index in [4.69, 9.17) is 17.3 Å². The number of piperazine rings is 1. The maximum Gasteiger partial charge on any atom is 0.211 e. The van der Waals surface area contributed by atoms with Crippen LogP contribution in [-0.2, 0) is 16.6 Å². The van der Waals surface area contributed by atoms with E-state index >= 15 is 0 Å². The third kappa shape index (κ3) is 3.36. The van der Waals surface area contributed by atoms with Gasteiger partial charge >= 0.3 is 0 Å². The van der Waals surface area contributed by atoms with Crippen LogP contribution in [0.15, 0.2) is 12.1 Å². The molecule has 1 aliphatic rings. The molecule has 0 amide bonds. The molecule has 1 aromatic rings. The minimum atomic E-state index is -3.11. The summed E-state index contributed by atoms with van der Waals surface area (Å²) in [5.41, 5.74) is 6.23. The summed E-state index contributed by atoms with van der Waals surface area (Å²) in [6.45, 7) is 2.47. The van der Waals surface area contributed by atoms with Gasteiger partial charge in [-0.1, -0.05) is 11.6 Å². The Morgan fingerprint density at radius 2 is 1.95 bits per heavy atom. The molecular formula is C11H17ClN4O2S. The second-order valence-corrected chi connectivity index (χ2v) is 6.84. The average molecular weight is 305 g/mol. The van der Waals surface area contributed by atoms with Crippen LogP contribution in [0.4, 0.5) is 5.82 Å². The Morgan fingerprint density at radius 3 is 2.47 bits per heavy atom. The molecular weight excluding hydrogens is 288 g/mol. The van der Waals surface area contributed by atoms with Crippen LogP contribution in [-0.4, -0.2) is 50.1 Å². The van der Waals surface area contributed by atoms with E-state index in [0.717, 1.165) is 5.82 Å². The van der Waals surface area contributed by atoms with Gasteiger partial charge in [0.25, 0.3) is 0 Å². The first-order chi connectivity index (χ1) is 8.91. The highest BCUT2D eigenvalue weighted by Gasteiger charge is 2.24. The molecule has 2 heterocycles. The van der Waals surface area contributed by atoms with Crippen LogP contribution >= 0.6 is 11.6 Å². The molecule has 0 aromatic carbocycles. The highest BCUT2D eigenvalue weighted by atomic mass is 35.5. The van der Waals surface area contributed by atoms with Crippen LogP contribution in [0.1, 0.15) is 5.69 Å². The lowest BCUT2D eigenvalue weighted by Crippen LogP contribution is -2.48. The van der Waals surface area contributed by atoms with Crippen LogP contribution in [0.5, 0.6) is 0 Å². The van der Waals surface area contributed by atoms with Crippen LogP contribution in [0.2, 0.25) is 5.02 Å². The van der Waals surface area contributed by atoms with E-state index in [0.29, 0.717) is 36.9 Å².